The molecule has 2 aromatic heterocycles. The van der Waals surface area contributed by atoms with Crippen molar-refractivity contribution < 1.29 is 0 Å². The predicted octanol–water partition coefficient (Wildman–Crippen LogP) is 2.13. The van der Waals surface area contributed by atoms with E-state index in [1.807, 2.05) is 31.6 Å². The van der Waals surface area contributed by atoms with E-state index in [0.29, 0.717) is 0 Å². The topological polar surface area (TPSA) is 63.1 Å². The van der Waals surface area contributed by atoms with E-state index in [4.69, 9.17) is 0 Å². The highest BCUT2D eigenvalue weighted by Crippen LogP contribution is 2.16. The van der Waals surface area contributed by atoms with Crippen LogP contribution >= 0.6 is 24.0 Å². The molecule has 2 aromatic rings. The zero-order chi connectivity index (χ0) is 21.5. The van der Waals surface area contributed by atoms with Gasteiger partial charge in [0.25, 0.3) is 0 Å². The molecule has 0 aliphatic carbocycles. The summed E-state index contributed by atoms with van der Waals surface area (Å²) in [6.45, 7) is 12.2. The first-order valence-electron chi connectivity index (χ1n) is 11.3. The van der Waals surface area contributed by atoms with Gasteiger partial charge in [-0.15, -0.1) is 24.0 Å². The number of nitrogens with one attached hydrogen (secondary N) is 1. The van der Waals surface area contributed by atoms with E-state index in [9.17, 15) is 0 Å². The molecule has 4 rings (SSSR count). The van der Waals surface area contributed by atoms with Gasteiger partial charge >= 0.3 is 0 Å². The van der Waals surface area contributed by atoms with E-state index in [2.05, 4.69) is 65.0 Å². The average molecular weight is 550 g/mol. The molecule has 9 heteroatoms. The largest absolute Gasteiger partial charge is 0.354 e. The summed E-state index contributed by atoms with van der Waals surface area (Å²) in [6, 6.07) is 10.4. The average Bonchev–Trinajstić information content (AvgIpc) is 2.85. The summed E-state index contributed by atoms with van der Waals surface area (Å²) in [4.78, 5) is 23.1. The molecule has 174 valence electrons. The number of likely N-dealkylation sites (N-methyl/N-ethyl adjacent to an activating group) is 1. The van der Waals surface area contributed by atoms with Gasteiger partial charge in [-0.1, -0.05) is 13.0 Å². The van der Waals surface area contributed by atoms with Crippen LogP contribution in [0.15, 0.2) is 47.7 Å². The first-order chi connectivity index (χ1) is 15.3. The summed E-state index contributed by atoms with van der Waals surface area (Å²) in [6.07, 6.45) is 3.78. The van der Waals surface area contributed by atoms with Crippen molar-refractivity contribution in [3.63, 3.8) is 0 Å². The van der Waals surface area contributed by atoms with Crippen molar-refractivity contribution in [2.75, 3.05) is 75.8 Å². The van der Waals surface area contributed by atoms with Gasteiger partial charge in [0.2, 0.25) is 0 Å². The number of rotatable bonds is 5. The Hall–Kier alpha value is -2.14. The lowest BCUT2D eigenvalue weighted by Crippen LogP contribution is -2.52. The van der Waals surface area contributed by atoms with Gasteiger partial charge in [0.15, 0.2) is 5.96 Å². The van der Waals surface area contributed by atoms with Gasteiger partial charge in [-0.3, -0.25) is 4.99 Å². The number of hydrogen-bond acceptors (Lipinski definition) is 6. The first-order valence-corrected chi connectivity index (χ1v) is 11.3. The third-order valence-corrected chi connectivity index (χ3v) is 6.17. The number of aromatic nitrogens is 2. The summed E-state index contributed by atoms with van der Waals surface area (Å²) in [5.41, 5.74) is 1.23. The highest BCUT2D eigenvalue weighted by molar-refractivity contribution is 14.0. The van der Waals surface area contributed by atoms with Gasteiger partial charge in [0.05, 0.1) is 0 Å². The normalized spacial score (nSPS) is 17.8. The van der Waals surface area contributed by atoms with E-state index < -0.39 is 0 Å². The van der Waals surface area contributed by atoms with Crippen molar-refractivity contribution >= 4 is 41.6 Å². The number of halogens is 1. The van der Waals surface area contributed by atoms with E-state index in [-0.39, 0.29) is 24.0 Å². The molecule has 2 aliphatic rings. The molecule has 8 nitrogen and oxygen atoms in total. The van der Waals surface area contributed by atoms with E-state index in [0.717, 1.165) is 83.0 Å². The summed E-state index contributed by atoms with van der Waals surface area (Å²) in [5, 5.41) is 3.54. The Kier molecular flexibility index (Phi) is 9.34. The molecule has 0 atom stereocenters. The van der Waals surface area contributed by atoms with Crippen LogP contribution in [0.4, 0.5) is 11.6 Å². The second kappa shape index (κ2) is 12.2. The standard InChI is InChI=1S/C23H34N8.HI/c1-3-28-10-12-30(13-11-28)22-18-20(7-9-26-22)19-27-23(24-2)31-16-14-29(15-17-31)21-6-4-5-8-25-21;/h4-9,18H,3,10-17,19H2,1-2H3,(H,24,27);1H. The van der Waals surface area contributed by atoms with Crippen molar-refractivity contribution in [2.45, 2.75) is 13.5 Å². The molecule has 0 bridgehead atoms. The zero-order valence-electron chi connectivity index (χ0n) is 19.2. The summed E-state index contributed by atoms with van der Waals surface area (Å²) >= 11 is 0. The van der Waals surface area contributed by atoms with E-state index in [1.165, 1.54) is 5.56 Å². The Morgan fingerprint density at radius 1 is 0.906 bits per heavy atom. The predicted molar refractivity (Wildman–Crippen MR) is 142 cm³/mol. The van der Waals surface area contributed by atoms with Gasteiger partial charge in [-0.25, -0.2) is 9.97 Å². The lowest BCUT2D eigenvalue weighted by molar-refractivity contribution is 0.270. The van der Waals surface area contributed by atoms with Crippen LogP contribution in [-0.2, 0) is 6.54 Å². The molecule has 32 heavy (non-hydrogen) atoms. The second-order valence-corrected chi connectivity index (χ2v) is 8.01. The molecule has 0 saturated carbocycles. The number of piperazine rings is 2. The third kappa shape index (κ3) is 6.22. The Bertz CT molecular complexity index is 846. The summed E-state index contributed by atoms with van der Waals surface area (Å²) < 4.78 is 0. The third-order valence-electron chi connectivity index (χ3n) is 6.17. The molecule has 0 radical (unpaired) electrons. The number of nitrogens with zero attached hydrogens (tertiary/aromatic N) is 7. The molecule has 0 amide bonds. The highest BCUT2D eigenvalue weighted by Gasteiger charge is 2.21. The molecule has 1 N–H and O–H groups in total. The van der Waals surface area contributed by atoms with Crippen LogP contribution < -0.4 is 15.1 Å². The van der Waals surface area contributed by atoms with Gasteiger partial charge in [0, 0.05) is 78.3 Å². The number of guanidine groups is 1. The first kappa shape index (κ1) is 24.5. The molecule has 4 heterocycles. The molecule has 0 spiro atoms. The molecule has 2 fully saturated rings. The van der Waals surface area contributed by atoms with E-state index >= 15 is 0 Å². The fourth-order valence-electron chi connectivity index (χ4n) is 4.24. The number of hydrogen-bond donors (Lipinski definition) is 1. The maximum Gasteiger partial charge on any atom is 0.194 e. The van der Waals surface area contributed by atoms with Gasteiger partial charge in [-0.05, 0) is 36.4 Å². The molecule has 2 saturated heterocycles. The number of anilines is 2. The maximum absolute atomic E-state index is 4.62. The summed E-state index contributed by atoms with van der Waals surface area (Å²) in [7, 11) is 1.86. The number of pyridine rings is 2. The molecule has 0 aromatic carbocycles. The van der Waals surface area contributed by atoms with Gasteiger partial charge in [0.1, 0.15) is 11.6 Å². The minimum absolute atomic E-state index is 0. The highest BCUT2D eigenvalue weighted by atomic mass is 127. The quantitative estimate of drug-likeness (QED) is 0.348. The maximum atomic E-state index is 4.62. The van der Waals surface area contributed by atoms with Crippen LogP contribution in [0.5, 0.6) is 0 Å². The van der Waals surface area contributed by atoms with Crippen LogP contribution in [0.1, 0.15) is 12.5 Å². The van der Waals surface area contributed by atoms with E-state index in [1.54, 1.807) is 0 Å². The Labute approximate surface area is 208 Å². The zero-order valence-corrected chi connectivity index (χ0v) is 21.5. The lowest BCUT2D eigenvalue weighted by Gasteiger charge is -2.37. The van der Waals surface area contributed by atoms with Crippen LogP contribution in [-0.4, -0.2) is 91.7 Å². The van der Waals surface area contributed by atoms with Crippen LogP contribution in [0.2, 0.25) is 0 Å². The molecular weight excluding hydrogens is 515 g/mol. The summed E-state index contributed by atoms with van der Waals surface area (Å²) in [5.74, 6) is 3.08. The van der Waals surface area contributed by atoms with Crippen molar-refractivity contribution in [3.05, 3.63) is 48.3 Å². The molecular formula is C23H35IN8. The van der Waals surface area contributed by atoms with Gasteiger partial charge in [-0.2, -0.15) is 0 Å². The van der Waals surface area contributed by atoms with Gasteiger partial charge < -0.3 is 24.9 Å². The smallest absolute Gasteiger partial charge is 0.194 e. The molecule has 0 unspecified atom stereocenters. The van der Waals surface area contributed by atoms with Crippen molar-refractivity contribution in [2.24, 2.45) is 4.99 Å². The molecule has 2 aliphatic heterocycles. The number of aliphatic imine (C=N–C) groups is 1. The van der Waals surface area contributed by atoms with Crippen molar-refractivity contribution in [1.82, 2.24) is 25.1 Å². The monoisotopic (exact) mass is 550 g/mol. The van der Waals surface area contributed by atoms with Crippen molar-refractivity contribution in [3.8, 4) is 0 Å². The Morgan fingerprint density at radius 2 is 1.59 bits per heavy atom. The minimum atomic E-state index is 0. The fourth-order valence-corrected chi connectivity index (χ4v) is 4.24. The Morgan fingerprint density at radius 3 is 2.25 bits per heavy atom. The second-order valence-electron chi connectivity index (χ2n) is 8.01. The SMILES string of the molecule is CCN1CCN(c2cc(CNC(=NC)N3CCN(c4ccccn4)CC3)ccn2)CC1.I. The fraction of sp³-hybridized carbons (Fsp3) is 0.522. The lowest BCUT2D eigenvalue weighted by atomic mass is 10.2. The minimum Gasteiger partial charge on any atom is -0.354 e. The van der Waals surface area contributed by atoms with Crippen LogP contribution in [0.3, 0.4) is 0 Å². The Balaban J connectivity index is 0.00000289. The van der Waals surface area contributed by atoms with Crippen LogP contribution in [0, 0.1) is 0 Å². The van der Waals surface area contributed by atoms with Crippen molar-refractivity contribution in [1.29, 1.82) is 0 Å². The van der Waals surface area contributed by atoms with Crippen LogP contribution in [0.25, 0.3) is 0 Å².